The average Bonchev–Trinajstić information content (AvgIpc) is 2.79. The second kappa shape index (κ2) is 6.47. The van der Waals surface area contributed by atoms with Crippen LogP contribution in [0.1, 0.15) is 34.9 Å². The molecule has 1 amide bonds. The highest BCUT2D eigenvalue weighted by atomic mass is 16.5. The van der Waals surface area contributed by atoms with Crippen molar-refractivity contribution in [2.24, 2.45) is 0 Å². The van der Waals surface area contributed by atoms with Crippen LogP contribution in [-0.2, 0) is 9.53 Å². The lowest BCUT2D eigenvalue weighted by atomic mass is 10.0. The summed E-state index contributed by atoms with van der Waals surface area (Å²) in [6.45, 7) is 1.20. The molecule has 128 valence electrons. The maximum Gasteiger partial charge on any atom is 0.339 e. The van der Waals surface area contributed by atoms with Gasteiger partial charge in [-0.25, -0.2) is 4.79 Å². The molecule has 6 nitrogen and oxygen atoms in total. The van der Waals surface area contributed by atoms with E-state index < -0.39 is 6.10 Å². The first kappa shape index (κ1) is 15.5. The number of ether oxygens (including phenoxy) is 3. The second-order valence-electron chi connectivity index (χ2n) is 5.95. The van der Waals surface area contributed by atoms with Gasteiger partial charge in [0.1, 0.15) is 6.10 Å². The molecule has 0 aromatic heterocycles. The van der Waals surface area contributed by atoms with Crippen LogP contribution >= 0.6 is 0 Å². The molecule has 4 rings (SSSR count). The largest absolute Gasteiger partial charge is 0.490 e. The lowest BCUT2D eigenvalue weighted by molar-refractivity contribution is -0.118. The van der Waals surface area contributed by atoms with Gasteiger partial charge in [-0.05, 0) is 18.2 Å². The Morgan fingerprint density at radius 2 is 1.88 bits per heavy atom. The van der Waals surface area contributed by atoms with Gasteiger partial charge >= 0.3 is 5.97 Å². The number of carbonyl (C=O) groups is 2. The summed E-state index contributed by atoms with van der Waals surface area (Å²) < 4.78 is 16.5. The fraction of sp³-hybridized carbons (Fsp3) is 0.263. The number of hydrogen-bond acceptors (Lipinski definition) is 5. The van der Waals surface area contributed by atoms with Crippen molar-refractivity contribution >= 4 is 17.6 Å². The van der Waals surface area contributed by atoms with Crippen molar-refractivity contribution in [3.8, 4) is 11.5 Å². The Hall–Kier alpha value is -3.02. The molecule has 0 unspecified atom stereocenters. The Bertz CT molecular complexity index is 832. The number of fused-ring (bicyclic) bond motifs is 2. The number of carbonyl (C=O) groups excluding carboxylic acids is 2. The molecule has 1 N–H and O–H groups in total. The summed E-state index contributed by atoms with van der Waals surface area (Å²) >= 11 is 0. The van der Waals surface area contributed by atoms with E-state index >= 15 is 0 Å². The molecule has 0 saturated heterocycles. The smallest absolute Gasteiger partial charge is 0.339 e. The molecule has 25 heavy (non-hydrogen) atoms. The first-order valence-corrected chi connectivity index (χ1v) is 8.20. The van der Waals surface area contributed by atoms with Gasteiger partial charge in [-0.3, -0.25) is 4.79 Å². The van der Waals surface area contributed by atoms with Gasteiger partial charge in [-0.1, -0.05) is 18.2 Å². The van der Waals surface area contributed by atoms with Gasteiger partial charge in [0.2, 0.25) is 5.91 Å². The van der Waals surface area contributed by atoms with Crippen molar-refractivity contribution < 1.29 is 23.8 Å². The van der Waals surface area contributed by atoms with E-state index in [1.807, 2.05) is 12.1 Å². The Balaban J connectivity index is 1.45. The molecule has 6 heteroatoms. The molecule has 2 aliphatic heterocycles. The third-order valence-electron chi connectivity index (χ3n) is 4.18. The zero-order chi connectivity index (χ0) is 17.2. The predicted octanol–water partition coefficient (Wildman–Crippen LogP) is 3.09. The fourth-order valence-electron chi connectivity index (χ4n) is 2.99. The number of nitrogens with one attached hydrogen (secondary N) is 1. The lowest BCUT2D eigenvalue weighted by Gasteiger charge is -2.13. The molecule has 2 aromatic carbocycles. The van der Waals surface area contributed by atoms with E-state index in [1.54, 1.807) is 30.3 Å². The van der Waals surface area contributed by atoms with Crippen molar-refractivity contribution in [1.82, 2.24) is 0 Å². The number of rotatable bonds is 3. The van der Waals surface area contributed by atoms with E-state index in [2.05, 4.69) is 5.32 Å². The van der Waals surface area contributed by atoms with E-state index in [-0.39, 0.29) is 18.3 Å². The monoisotopic (exact) mass is 339 g/mol. The van der Waals surface area contributed by atoms with E-state index in [1.165, 1.54) is 0 Å². The molecular weight excluding hydrogens is 322 g/mol. The van der Waals surface area contributed by atoms with E-state index in [4.69, 9.17) is 14.2 Å². The molecule has 0 bridgehead atoms. The van der Waals surface area contributed by atoms with Gasteiger partial charge in [-0.15, -0.1) is 0 Å². The number of hydrogen-bond donors (Lipinski definition) is 1. The zero-order valence-corrected chi connectivity index (χ0v) is 13.5. The van der Waals surface area contributed by atoms with Crippen LogP contribution < -0.4 is 14.8 Å². The van der Waals surface area contributed by atoms with Gasteiger partial charge in [0.15, 0.2) is 11.5 Å². The third-order valence-corrected chi connectivity index (χ3v) is 4.18. The molecule has 0 saturated carbocycles. The minimum absolute atomic E-state index is 0.0667. The highest BCUT2D eigenvalue weighted by Crippen LogP contribution is 2.34. The highest BCUT2D eigenvalue weighted by molar-refractivity contribution is 5.96. The van der Waals surface area contributed by atoms with Crippen molar-refractivity contribution in [3.63, 3.8) is 0 Å². The Kier molecular flexibility index (Phi) is 4.01. The maximum atomic E-state index is 12.3. The first-order chi connectivity index (χ1) is 12.2. The van der Waals surface area contributed by atoms with Crippen molar-refractivity contribution in [2.75, 3.05) is 18.5 Å². The standard InChI is InChI=1S/C19H17NO5/c21-18(11-16-13-4-1-2-5-14(13)19(22)25-16)20-12-6-7-15-17(10-12)24-9-3-8-23-15/h1-2,4-7,10,16H,3,8-9,11H2,(H,20,21)/t16-/m1/s1. The predicted molar refractivity (Wildman–Crippen MR) is 89.9 cm³/mol. The van der Waals surface area contributed by atoms with Gasteiger partial charge < -0.3 is 19.5 Å². The van der Waals surface area contributed by atoms with Gasteiger partial charge in [-0.2, -0.15) is 0 Å². The summed E-state index contributed by atoms with van der Waals surface area (Å²) in [5.41, 5.74) is 1.89. The second-order valence-corrected chi connectivity index (χ2v) is 5.95. The minimum atomic E-state index is -0.552. The van der Waals surface area contributed by atoms with Crippen molar-refractivity contribution in [2.45, 2.75) is 18.9 Å². The topological polar surface area (TPSA) is 73.9 Å². The van der Waals surface area contributed by atoms with Crippen LogP contribution in [0.5, 0.6) is 11.5 Å². The molecule has 0 fully saturated rings. The summed E-state index contributed by atoms with van der Waals surface area (Å²) in [6.07, 6.45) is 0.337. The highest BCUT2D eigenvalue weighted by Gasteiger charge is 2.32. The van der Waals surface area contributed by atoms with Crippen LogP contribution in [0.3, 0.4) is 0 Å². The number of cyclic esters (lactones) is 1. The SMILES string of the molecule is O=C(C[C@H]1OC(=O)c2ccccc21)Nc1ccc2c(c1)OCCCO2. The van der Waals surface area contributed by atoms with E-state index in [9.17, 15) is 9.59 Å². The average molecular weight is 339 g/mol. The number of amides is 1. The molecule has 1 atom stereocenters. The molecule has 2 aromatic rings. The summed E-state index contributed by atoms with van der Waals surface area (Å²) in [6, 6.07) is 12.4. The number of benzene rings is 2. The Labute approximate surface area is 144 Å². The summed E-state index contributed by atoms with van der Waals surface area (Å²) in [5.74, 6) is 0.676. The quantitative estimate of drug-likeness (QED) is 0.870. The van der Waals surface area contributed by atoms with Gasteiger partial charge in [0.05, 0.1) is 25.2 Å². The molecule has 2 aliphatic rings. The number of anilines is 1. The Morgan fingerprint density at radius 3 is 2.76 bits per heavy atom. The van der Waals surface area contributed by atoms with Gasteiger partial charge in [0.25, 0.3) is 0 Å². The van der Waals surface area contributed by atoms with E-state index in [0.717, 1.165) is 12.0 Å². The van der Waals surface area contributed by atoms with Crippen LogP contribution in [0, 0.1) is 0 Å². The summed E-state index contributed by atoms with van der Waals surface area (Å²) in [5, 5.41) is 2.82. The van der Waals surface area contributed by atoms with Crippen molar-refractivity contribution in [3.05, 3.63) is 53.6 Å². The zero-order valence-electron chi connectivity index (χ0n) is 13.5. The molecule has 0 radical (unpaired) electrons. The summed E-state index contributed by atoms with van der Waals surface area (Å²) in [7, 11) is 0. The fourth-order valence-corrected chi connectivity index (χ4v) is 2.99. The lowest BCUT2D eigenvalue weighted by Crippen LogP contribution is -2.15. The van der Waals surface area contributed by atoms with E-state index in [0.29, 0.717) is 36.0 Å². The van der Waals surface area contributed by atoms with Crippen LogP contribution in [0.4, 0.5) is 5.69 Å². The Morgan fingerprint density at radius 1 is 1.08 bits per heavy atom. The van der Waals surface area contributed by atoms with Gasteiger partial charge in [0, 0.05) is 23.7 Å². The maximum absolute atomic E-state index is 12.3. The normalized spacial score (nSPS) is 18.1. The molecule has 2 heterocycles. The molecule has 0 aliphatic carbocycles. The minimum Gasteiger partial charge on any atom is -0.490 e. The first-order valence-electron chi connectivity index (χ1n) is 8.20. The van der Waals surface area contributed by atoms with Crippen LogP contribution in [0.2, 0.25) is 0 Å². The van der Waals surface area contributed by atoms with Crippen molar-refractivity contribution in [1.29, 1.82) is 0 Å². The molecule has 0 spiro atoms. The molecular formula is C19H17NO5. The van der Waals surface area contributed by atoms with Crippen LogP contribution in [-0.4, -0.2) is 25.1 Å². The third kappa shape index (κ3) is 3.15. The summed E-state index contributed by atoms with van der Waals surface area (Å²) in [4.78, 5) is 24.2. The van der Waals surface area contributed by atoms with Crippen LogP contribution in [0.25, 0.3) is 0 Å². The van der Waals surface area contributed by atoms with Crippen LogP contribution in [0.15, 0.2) is 42.5 Å². The number of esters is 1.